The summed E-state index contributed by atoms with van der Waals surface area (Å²) in [6.07, 6.45) is 2.85. The number of benzene rings is 1. The lowest BCUT2D eigenvalue weighted by Crippen LogP contribution is -2.43. The molecule has 1 aliphatic heterocycles. The Hall–Kier alpha value is -1.46. The van der Waals surface area contributed by atoms with Gasteiger partial charge < -0.3 is 15.0 Å². The van der Waals surface area contributed by atoms with E-state index in [-0.39, 0.29) is 17.8 Å². The Bertz CT molecular complexity index is 488. The van der Waals surface area contributed by atoms with Crippen LogP contribution < -0.4 is 5.32 Å². The predicted octanol–water partition coefficient (Wildman–Crippen LogP) is 1.87. The highest BCUT2D eigenvalue weighted by molar-refractivity contribution is 5.76. The lowest BCUT2D eigenvalue weighted by Gasteiger charge is -2.33. The molecule has 1 aromatic rings. The van der Waals surface area contributed by atoms with Gasteiger partial charge in [-0.3, -0.25) is 4.79 Å². The summed E-state index contributed by atoms with van der Waals surface area (Å²) in [4.78, 5) is 14.1. The van der Waals surface area contributed by atoms with E-state index in [4.69, 9.17) is 4.74 Å². The first-order chi connectivity index (χ1) is 10.2. The van der Waals surface area contributed by atoms with E-state index < -0.39 is 0 Å². The Morgan fingerprint density at radius 1 is 1.33 bits per heavy atom. The fourth-order valence-electron chi connectivity index (χ4n) is 2.58. The first kappa shape index (κ1) is 14.5. The third-order valence-corrected chi connectivity index (χ3v) is 4.01. The van der Waals surface area contributed by atoms with E-state index in [9.17, 15) is 9.18 Å². The number of amides is 1. The second-order valence-electron chi connectivity index (χ2n) is 5.73. The average molecular weight is 292 g/mol. The summed E-state index contributed by atoms with van der Waals surface area (Å²) in [5.41, 5.74) is 0.921. The number of nitrogens with one attached hydrogen (secondary N) is 1. The molecule has 0 radical (unpaired) electrons. The number of nitrogens with zero attached hydrogens (tertiary/aromatic N) is 1. The van der Waals surface area contributed by atoms with Crippen LogP contribution in [0.5, 0.6) is 0 Å². The molecular weight excluding hydrogens is 271 g/mol. The molecule has 1 amide bonds. The maximum atomic E-state index is 13.0. The van der Waals surface area contributed by atoms with Gasteiger partial charge in [0, 0.05) is 25.6 Å². The standard InChI is InChI=1S/C16H21FN2O2/c17-13-3-1-12(2-4-13)15-11-19(9-10-21-15)16(20)7-8-18-14-5-6-14/h1-4,14-15,18H,5-11H2. The maximum Gasteiger partial charge on any atom is 0.224 e. The number of hydrogen-bond donors (Lipinski definition) is 1. The molecule has 1 atom stereocenters. The normalized spacial score (nSPS) is 22.3. The molecule has 1 saturated carbocycles. The van der Waals surface area contributed by atoms with Crippen LogP contribution in [0.4, 0.5) is 4.39 Å². The monoisotopic (exact) mass is 292 g/mol. The number of carbonyl (C=O) groups is 1. The Balaban J connectivity index is 1.51. The van der Waals surface area contributed by atoms with Crippen LogP contribution in [0.3, 0.4) is 0 Å². The van der Waals surface area contributed by atoms with Gasteiger partial charge >= 0.3 is 0 Å². The van der Waals surface area contributed by atoms with Crippen molar-refractivity contribution in [2.45, 2.75) is 31.4 Å². The molecule has 2 fully saturated rings. The maximum absolute atomic E-state index is 13.0. The van der Waals surface area contributed by atoms with Crippen LogP contribution in [-0.4, -0.2) is 43.1 Å². The zero-order chi connectivity index (χ0) is 14.7. The fraction of sp³-hybridized carbons (Fsp3) is 0.562. The van der Waals surface area contributed by atoms with E-state index in [2.05, 4.69) is 5.32 Å². The third-order valence-electron chi connectivity index (χ3n) is 4.01. The molecule has 0 bridgehead atoms. The van der Waals surface area contributed by atoms with Crippen LogP contribution in [0, 0.1) is 5.82 Å². The Morgan fingerprint density at radius 2 is 2.10 bits per heavy atom. The van der Waals surface area contributed by atoms with Crippen molar-refractivity contribution >= 4 is 5.91 Å². The van der Waals surface area contributed by atoms with Crippen molar-refractivity contribution in [2.75, 3.05) is 26.2 Å². The number of carbonyl (C=O) groups excluding carboxylic acids is 1. The predicted molar refractivity (Wildman–Crippen MR) is 77.3 cm³/mol. The van der Waals surface area contributed by atoms with Gasteiger partial charge in [-0.25, -0.2) is 4.39 Å². The number of hydrogen-bond acceptors (Lipinski definition) is 3. The minimum atomic E-state index is -0.256. The minimum absolute atomic E-state index is 0.153. The SMILES string of the molecule is O=C(CCNC1CC1)N1CCOC(c2ccc(F)cc2)C1. The second-order valence-corrected chi connectivity index (χ2v) is 5.73. The van der Waals surface area contributed by atoms with Crippen molar-refractivity contribution in [1.29, 1.82) is 0 Å². The van der Waals surface area contributed by atoms with Gasteiger partial charge in [0.1, 0.15) is 11.9 Å². The number of rotatable bonds is 5. The number of morpholine rings is 1. The van der Waals surface area contributed by atoms with E-state index >= 15 is 0 Å². The topological polar surface area (TPSA) is 41.6 Å². The molecule has 1 saturated heterocycles. The zero-order valence-electron chi connectivity index (χ0n) is 12.1. The Labute approximate surface area is 124 Å². The summed E-state index contributed by atoms with van der Waals surface area (Å²) >= 11 is 0. The van der Waals surface area contributed by atoms with E-state index in [1.165, 1.54) is 25.0 Å². The minimum Gasteiger partial charge on any atom is -0.370 e. The van der Waals surface area contributed by atoms with Gasteiger partial charge in [0.15, 0.2) is 0 Å². The third kappa shape index (κ3) is 4.02. The van der Waals surface area contributed by atoms with Gasteiger partial charge in [0.2, 0.25) is 5.91 Å². The molecule has 3 rings (SSSR count). The Kier molecular flexibility index (Phi) is 4.51. The summed E-state index contributed by atoms with van der Waals surface area (Å²) in [5, 5.41) is 3.36. The lowest BCUT2D eigenvalue weighted by atomic mass is 10.1. The average Bonchev–Trinajstić information content (AvgIpc) is 3.32. The smallest absolute Gasteiger partial charge is 0.224 e. The molecule has 1 aliphatic carbocycles. The van der Waals surface area contributed by atoms with Crippen LogP contribution >= 0.6 is 0 Å². The van der Waals surface area contributed by atoms with Gasteiger partial charge in [-0.05, 0) is 30.5 Å². The highest BCUT2D eigenvalue weighted by Crippen LogP contribution is 2.23. The summed E-state index contributed by atoms with van der Waals surface area (Å²) in [6.45, 7) is 2.47. The molecular formula is C16H21FN2O2. The summed E-state index contributed by atoms with van der Waals surface area (Å²) in [6, 6.07) is 6.94. The molecule has 1 heterocycles. The van der Waals surface area contributed by atoms with Crippen LogP contribution in [0.15, 0.2) is 24.3 Å². The molecule has 114 valence electrons. The van der Waals surface area contributed by atoms with E-state index in [1.807, 2.05) is 4.90 Å². The quantitative estimate of drug-likeness (QED) is 0.901. The van der Waals surface area contributed by atoms with Gasteiger partial charge in [0.25, 0.3) is 0 Å². The van der Waals surface area contributed by atoms with Gasteiger partial charge in [-0.2, -0.15) is 0 Å². The van der Waals surface area contributed by atoms with Crippen molar-refractivity contribution < 1.29 is 13.9 Å². The van der Waals surface area contributed by atoms with Crippen LogP contribution in [-0.2, 0) is 9.53 Å². The van der Waals surface area contributed by atoms with Crippen LogP contribution in [0.1, 0.15) is 30.9 Å². The molecule has 1 aromatic carbocycles. The summed E-state index contributed by atoms with van der Waals surface area (Å²) < 4.78 is 18.7. The summed E-state index contributed by atoms with van der Waals surface area (Å²) in [5.74, 6) is -0.0906. The Morgan fingerprint density at radius 3 is 2.81 bits per heavy atom. The van der Waals surface area contributed by atoms with Crippen LogP contribution in [0.2, 0.25) is 0 Å². The van der Waals surface area contributed by atoms with E-state index in [0.29, 0.717) is 32.2 Å². The van der Waals surface area contributed by atoms with Crippen LogP contribution in [0.25, 0.3) is 0 Å². The first-order valence-electron chi connectivity index (χ1n) is 7.60. The van der Waals surface area contributed by atoms with Crippen molar-refractivity contribution in [1.82, 2.24) is 10.2 Å². The first-order valence-corrected chi connectivity index (χ1v) is 7.60. The second kappa shape index (κ2) is 6.54. The van der Waals surface area contributed by atoms with Crippen molar-refractivity contribution in [3.63, 3.8) is 0 Å². The van der Waals surface area contributed by atoms with Gasteiger partial charge in [0.05, 0.1) is 13.2 Å². The number of halogens is 1. The number of ether oxygens (including phenoxy) is 1. The lowest BCUT2D eigenvalue weighted by molar-refractivity contribution is -0.138. The molecule has 5 heteroatoms. The van der Waals surface area contributed by atoms with Crippen molar-refractivity contribution in [3.8, 4) is 0 Å². The molecule has 0 spiro atoms. The fourth-order valence-corrected chi connectivity index (χ4v) is 2.58. The molecule has 2 aliphatic rings. The van der Waals surface area contributed by atoms with E-state index in [0.717, 1.165) is 12.1 Å². The van der Waals surface area contributed by atoms with E-state index in [1.54, 1.807) is 12.1 Å². The van der Waals surface area contributed by atoms with Gasteiger partial charge in [-0.15, -0.1) is 0 Å². The molecule has 21 heavy (non-hydrogen) atoms. The molecule has 0 aromatic heterocycles. The highest BCUT2D eigenvalue weighted by Gasteiger charge is 2.26. The highest BCUT2D eigenvalue weighted by atomic mass is 19.1. The van der Waals surface area contributed by atoms with Gasteiger partial charge in [-0.1, -0.05) is 12.1 Å². The van der Waals surface area contributed by atoms with Crippen molar-refractivity contribution in [2.24, 2.45) is 0 Å². The molecule has 1 unspecified atom stereocenters. The largest absolute Gasteiger partial charge is 0.370 e. The van der Waals surface area contributed by atoms with Crippen molar-refractivity contribution in [3.05, 3.63) is 35.6 Å². The molecule has 4 nitrogen and oxygen atoms in total. The molecule has 1 N–H and O–H groups in total. The zero-order valence-corrected chi connectivity index (χ0v) is 12.1. The summed E-state index contributed by atoms with van der Waals surface area (Å²) in [7, 11) is 0.